The number of carbonyl (C=O) groups excluding carboxylic acids is 2. The highest BCUT2D eigenvalue weighted by atomic mass is 16.5. The van der Waals surface area contributed by atoms with Gasteiger partial charge in [-0.05, 0) is 121 Å². The molecule has 1 unspecified atom stereocenters. The largest absolute Gasteiger partial charge is 0.494 e. The van der Waals surface area contributed by atoms with Crippen LogP contribution in [0.25, 0.3) is 11.1 Å². The molecule has 1 aliphatic heterocycles. The van der Waals surface area contributed by atoms with Crippen molar-refractivity contribution in [1.29, 1.82) is 5.26 Å². The van der Waals surface area contributed by atoms with Crippen LogP contribution in [0.1, 0.15) is 89.3 Å². The van der Waals surface area contributed by atoms with Crippen LogP contribution in [0.15, 0.2) is 84.9 Å². The number of ether oxygens (including phenoxy) is 5. The number of esters is 2. The fourth-order valence-electron chi connectivity index (χ4n) is 6.20. The minimum atomic E-state index is -0.491. The Kier molecular flexibility index (Phi) is 10.7. The Hall–Kier alpha value is -4.97. The summed E-state index contributed by atoms with van der Waals surface area (Å²) in [6.07, 6.45) is 5.30. The van der Waals surface area contributed by atoms with E-state index in [0.29, 0.717) is 34.8 Å². The van der Waals surface area contributed by atoms with Crippen LogP contribution in [0, 0.1) is 16.7 Å². The first kappa shape index (κ1) is 33.9. The highest BCUT2D eigenvalue weighted by Crippen LogP contribution is 2.47. The van der Waals surface area contributed by atoms with Crippen LogP contribution in [0.3, 0.4) is 0 Å². The van der Waals surface area contributed by atoms with Gasteiger partial charge >= 0.3 is 11.9 Å². The molecule has 6 rings (SSSR count). The fraction of sp³-hybridized carbons (Fsp3) is 0.341. The Morgan fingerprint density at radius 1 is 0.755 bits per heavy atom. The first-order valence-electron chi connectivity index (χ1n) is 17.0. The molecule has 49 heavy (non-hydrogen) atoms. The molecule has 0 saturated carbocycles. The quantitative estimate of drug-likeness (QED) is 0.0711. The van der Waals surface area contributed by atoms with Crippen molar-refractivity contribution in [2.75, 3.05) is 33.0 Å². The molecule has 0 radical (unpaired) electrons. The van der Waals surface area contributed by atoms with Crippen molar-refractivity contribution in [3.05, 3.63) is 113 Å². The monoisotopic (exact) mass is 659 g/mol. The van der Waals surface area contributed by atoms with E-state index in [9.17, 15) is 9.59 Å². The van der Waals surface area contributed by atoms with E-state index in [1.165, 1.54) is 0 Å². The van der Waals surface area contributed by atoms with Gasteiger partial charge < -0.3 is 23.7 Å². The molecule has 1 heterocycles. The highest BCUT2D eigenvalue weighted by molar-refractivity contribution is 5.92. The van der Waals surface area contributed by atoms with Crippen LogP contribution >= 0.6 is 0 Å². The van der Waals surface area contributed by atoms with Gasteiger partial charge in [-0.15, -0.1) is 0 Å². The standard InChI is InChI=1S/C41H41NO7/c1-3-41(26-46-27-41)25-45-20-6-4-5-7-21-47-32-14-12-31(13-15-32)40(44)49-34-17-19-36-35-18-16-33(22-37(35)28(2)38(36)23-34)48-39(43)30-10-8-29(24-42)9-11-30/h8-19,22-23,28H,3-7,20-21,25-27H2,1-2H3. The molecule has 8 nitrogen and oxygen atoms in total. The number of fused-ring (bicyclic) bond motifs is 3. The van der Waals surface area contributed by atoms with E-state index in [4.69, 9.17) is 28.9 Å². The fourth-order valence-corrected chi connectivity index (χ4v) is 6.20. The van der Waals surface area contributed by atoms with Gasteiger partial charge in [-0.3, -0.25) is 0 Å². The van der Waals surface area contributed by atoms with Crippen LogP contribution in [-0.4, -0.2) is 45.0 Å². The molecule has 8 heteroatoms. The van der Waals surface area contributed by atoms with Gasteiger partial charge in [0.25, 0.3) is 0 Å². The molecule has 4 aromatic rings. The number of nitrogens with zero attached hydrogens (tertiary/aromatic N) is 1. The van der Waals surface area contributed by atoms with E-state index >= 15 is 0 Å². The molecule has 1 atom stereocenters. The zero-order valence-electron chi connectivity index (χ0n) is 28.0. The first-order valence-corrected chi connectivity index (χ1v) is 17.0. The first-order chi connectivity index (χ1) is 23.9. The smallest absolute Gasteiger partial charge is 0.343 e. The summed E-state index contributed by atoms with van der Waals surface area (Å²) in [5.41, 5.74) is 5.68. The van der Waals surface area contributed by atoms with Gasteiger partial charge in [0.1, 0.15) is 17.2 Å². The van der Waals surface area contributed by atoms with E-state index < -0.39 is 11.9 Å². The Balaban J connectivity index is 0.950. The van der Waals surface area contributed by atoms with Crippen LogP contribution in [0.2, 0.25) is 0 Å². The summed E-state index contributed by atoms with van der Waals surface area (Å²) in [4.78, 5) is 25.7. The lowest BCUT2D eigenvalue weighted by Crippen LogP contribution is -2.45. The topological polar surface area (TPSA) is 104 Å². The summed E-state index contributed by atoms with van der Waals surface area (Å²) < 4.78 is 28.5. The van der Waals surface area contributed by atoms with E-state index in [1.807, 2.05) is 30.3 Å². The number of carbonyl (C=O) groups is 2. The molecule has 0 spiro atoms. The summed E-state index contributed by atoms with van der Waals surface area (Å²) in [5, 5.41) is 8.99. The van der Waals surface area contributed by atoms with Crippen molar-refractivity contribution in [3.8, 4) is 34.4 Å². The van der Waals surface area contributed by atoms with Gasteiger partial charge in [0, 0.05) is 17.9 Å². The third-order valence-corrected chi connectivity index (χ3v) is 9.46. The van der Waals surface area contributed by atoms with Crippen LogP contribution in [0.5, 0.6) is 17.2 Å². The molecule has 0 N–H and O–H groups in total. The predicted octanol–water partition coefficient (Wildman–Crippen LogP) is 8.51. The number of hydrogen-bond acceptors (Lipinski definition) is 8. The molecule has 0 amide bonds. The summed E-state index contributed by atoms with van der Waals surface area (Å²) in [6.45, 7) is 8.12. The summed E-state index contributed by atoms with van der Waals surface area (Å²) in [5.74, 6) is 0.691. The summed E-state index contributed by atoms with van der Waals surface area (Å²) in [6, 6.07) is 26.6. The molecule has 4 aromatic carbocycles. The second-order valence-corrected chi connectivity index (χ2v) is 12.9. The Morgan fingerprint density at radius 3 is 1.80 bits per heavy atom. The van der Waals surface area contributed by atoms with Gasteiger partial charge in [-0.1, -0.05) is 32.4 Å². The van der Waals surface area contributed by atoms with Crippen LogP contribution < -0.4 is 14.2 Å². The molecule has 1 fully saturated rings. The summed E-state index contributed by atoms with van der Waals surface area (Å²) in [7, 11) is 0. The maximum absolute atomic E-state index is 13.0. The van der Waals surface area contributed by atoms with Gasteiger partial charge in [0.2, 0.25) is 0 Å². The van der Waals surface area contributed by atoms with E-state index in [2.05, 4.69) is 13.8 Å². The zero-order valence-corrected chi connectivity index (χ0v) is 28.0. The van der Waals surface area contributed by atoms with E-state index in [1.54, 1.807) is 60.7 Å². The Morgan fingerprint density at radius 2 is 1.29 bits per heavy atom. The van der Waals surface area contributed by atoms with Crippen LogP contribution in [-0.2, 0) is 9.47 Å². The second-order valence-electron chi connectivity index (χ2n) is 12.9. The van der Waals surface area contributed by atoms with Gasteiger partial charge in [0.15, 0.2) is 0 Å². The normalized spacial score (nSPS) is 15.3. The SMILES string of the molecule is CCC1(COCCCCCCOc2ccc(C(=O)Oc3ccc4c(c3)C(C)c3cc(OC(=O)c5ccc(C#N)cc5)ccc3-4)cc2)COC1. The summed E-state index contributed by atoms with van der Waals surface area (Å²) >= 11 is 0. The second kappa shape index (κ2) is 15.5. The maximum Gasteiger partial charge on any atom is 0.343 e. The molecule has 0 aromatic heterocycles. The van der Waals surface area contributed by atoms with Crippen molar-refractivity contribution in [2.24, 2.45) is 5.41 Å². The average molecular weight is 660 g/mol. The minimum Gasteiger partial charge on any atom is -0.494 e. The molecule has 1 saturated heterocycles. The molecular formula is C41H41NO7. The van der Waals surface area contributed by atoms with E-state index in [-0.39, 0.29) is 11.3 Å². The lowest BCUT2D eigenvalue weighted by atomic mass is 9.84. The van der Waals surface area contributed by atoms with Crippen LogP contribution in [0.4, 0.5) is 0 Å². The third kappa shape index (κ3) is 8.02. The molecule has 252 valence electrons. The Labute approximate surface area is 287 Å². The average Bonchev–Trinajstić information content (AvgIpc) is 3.38. The van der Waals surface area contributed by atoms with E-state index in [0.717, 1.165) is 86.5 Å². The number of hydrogen-bond donors (Lipinski definition) is 0. The predicted molar refractivity (Wildman–Crippen MR) is 185 cm³/mol. The molecule has 2 aliphatic rings. The van der Waals surface area contributed by atoms with Gasteiger partial charge in [0.05, 0.1) is 49.2 Å². The molecule has 1 aliphatic carbocycles. The van der Waals surface area contributed by atoms with Crippen molar-refractivity contribution in [2.45, 2.75) is 51.9 Å². The number of nitriles is 1. The van der Waals surface area contributed by atoms with Crippen molar-refractivity contribution >= 4 is 11.9 Å². The number of benzene rings is 4. The number of unbranched alkanes of at least 4 members (excludes halogenated alkanes) is 3. The zero-order chi connectivity index (χ0) is 34.2. The van der Waals surface area contributed by atoms with Crippen molar-refractivity contribution < 1.29 is 33.3 Å². The molecular weight excluding hydrogens is 618 g/mol. The molecule has 0 bridgehead atoms. The Bertz CT molecular complexity index is 1820. The number of rotatable bonds is 15. The highest BCUT2D eigenvalue weighted by Gasteiger charge is 2.36. The van der Waals surface area contributed by atoms with Crippen molar-refractivity contribution in [3.63, 3.8) is 0 Å². The minimum absolute atomic E-state index is 0.00259. The van der Waals surface area contributed by atoms with Crippen molar-refractivity contribution in [1.82, 2.24) is 0 Å². The maximum atomic E-state index is 13.0. The third-order valence-electron chi connectivity index (χ3n) is 9.46. The van der Waals surface area contributed by atoms with Gasteiger partial charge in [-0.2, -0.15) is 5.26 Å². The van der Waals surface area contributed by atoms with Gasteiger partial charge in [-0.25, -0.2) is 9.59 Å². The lowest BCUT2D eigenvalue weighted by Gasteiger charge is -2.40. The lowest BCUT2D eigenvalue weighted by molar-refractivity contribution is -0.150.